The summed E-state index contributed by atoms with van der Waals surface area (Å²) in [7, 11) is 0. The molecule has 2 heterocycles. The van der Waals surface area contributed by atoms with Crippen molar-refractivity contribution in [3.8, 4) is 0 Å². The lowest BCUT2D eigenvalue weighted by Gasteiger charge is -2.26. The third kappa shape index (κ3) is 6.00. The van der Waals surface area contributed by atoms with E-state index in [1.165, 1.54) is 11.3 Å². The Bertz CT molecular complexity index is 1210. The normalized spacial score (nSPS) is 17.2. The number of hydrogen-bond acceptors (Lipinski definition) is 7. The lowest BCUT2D eigenvalue weighted by molar-refractivity contribution is -0.139. The molecule has 9 N–H and O–H groups in total. The number of aliphatic carboxylic acids is 1. The molecule has 1 aromatic heterocycles. The van der Waals surface area contributed by atoms with Crippen LogP contribution in [0.15, 0.2) is 36.4 Å². The number of nitrogens with zero attached hydrogens (tertiary/aromatic N) is 1. The van der Waals surface area contributed by atoms with Crippen LogP contribution in [-0.4, -0.2) is 57.6 Å². The molecule has 3 rings (SSSR count). The molecule has 0 radical (unpaired) electrons. The number of benzene rings is 1. The Labute approximate surface area is 204 Å². The smallest absolute Gasteiger partial charge is 0.325 e. The van der Waals surface area contributed by atoms with Gasteiger partial charge >= 0.3 is 12.0 Å². The molecule has 0 bridgehead atoms. The van der Waals surface area contributed by atoms with E-state index in [4.69, 9.17) is 22.3 Å². The van der Waals surface area contributed by atoms with Crippen LogP contribution in [-0.2, 0) is 27.3 Å². The summed E-state index contributed by atoms with van der Waals surface area (Å²) in [6, 6.07) is 9.11. The number of carboxylic acid groups (broad SMARTS) is 1. The number of rotatable bonds is 11. The first-order valence-electron chi connectivity index (χ1n) is 10.5. The minimum Gasteiger partial charge on any atom is -0.481 e. The molecule has 0 spiro atoms. The molecule has 184 valence electrons. The molecule has 12 nitrogen and oxygen atoms in total. The summed E-state index contributed by atoms with van der Waals surface area (Å²) in [5.41, 5.74) is 10.4. The molecule has 1 fully saturated rings. The van der Waals surface area contributed by atoms with Crippen LogP contribution < -0.4 is 22.1 Å². The number of nitrogens with one attached hydrogen (secondary N) is 4. The third-order valence-corrected chi connectivity index (χ3v) is 6.56. The van der Waals surface area contributed by atoms with Gasteiger partial charge in [0.05, 0.1) is 11.4 Å². The number of hydrogen-bond donors (Lipinski definition) is 7. The van der Waals surface area contributed by atoms with Crippen molar-refractivity contribution in [2.75, 3.05) is 6.54 Å². The zero-order valence-corrected chi connectivity index (χ0v) is 19.4. The maximum absolute atomic E-state index is 13.3. The van der Waals surface area contributed by atoms with Crippen LogP contribution in [0.4, 0.5) is 4.79 Å². The second kappa shape index (κ2) is 10.3. The first-order chi connectivity index (χ1) is 16.5. The minimum atomic E-state index is -1.56. The van der Waals surface area contributed by atoms with Gasteiger partial charge in [-0.15, -0.1) is 11.3 Å². The Hall–Kier alpha value is -4.26. The highest BCUT2D eigenvalue weighted by molar-refractivity contribution is 7.14. The summed E-state index contributed by atoms with van der Waals surface area (Å²) in [5, 5.41) is 29.4. The van der Waals surface area contributed by atoms with Crippen LogP contribution in [0.3, 0.4) is 0 Å². The van der Waals surface area contributed by atoms with E-state index in [1.807, 2.05) is 0 Å². The molecular weight excluding hydrogens is 474 g/mol. The highest BCUT2D eigenvalue weighted by Gasteiger charge is 2.51. The van der Waals surface area contributed by atoms with Crippen LogP contribution >= 0.6 is 11.3 Å². The van der Waals surface area contributed by atoms with Gasteiger partial charge < -0.3 is 27.2 Å². The number of amidine groups is 2. The zero-order chi connectivity index (χ0) is 25.8. The van der Waals surface area contributed by atoms with Crippen molar-refractivity contribution in [1.82, 2.24) is 15.5 Å². The third-order valence-electron chi connectivity index (χ3n) is 5.44. The molecule has 1 aliphatic heterocycles. The highest BCUT2D eigenvalue weighted by atomic mass is 32.1. The molecule has 1 atom stereocenters. The van der Waals surface area contributed by atoms with Crippen molar-refractivity contribution in [2.45, 2.75) is 31.3 Å². The minimum absolute atomic E-state index is 0.0346. The maximum atomic E-state index is 13.3. The Kier molecular flexibility index (Phi) is 7.49. The quantitative estimate of drug-likeness (QED) is 0.130. The number of imide groups is 1. The van der Waals surface area contributed by atoms with E-state index < -0.39 is 35.9 Å². The van der Waals surface area contributed by atoms with E-state index >= 15 is 0 Å². The van der Waals surface area contributed by atoms with Gasteiger partial charge in [-0.05, 0) is 30.2 Å². The van der Waals surface area contributed by atoms with Gasteiger partial charge in [0, 0.05) is 23.3 Å². The second-order valence-electron chi connectivity index (χ2n) is 8.04. The van der Waals surface area contributed by atoms with E-state index in [2.05, 4.69) is 10.6 Å². The van der Waals surface area contributed by atoms with Crippen LogP contribution in [0, 0.1) is 10.8 Å². The molecule has 0 saturated carbocycles. The maximum Gasteiger partial charge on any atom is 0.325 e. The van der Waals surface area contributed by atoms with E-state index in [1.54, 1.807) is 36.4 Å². The van der Waals surface area contributed by atoms with Gasteiger partial charge in [0.25, 0.3) is 5.91 Å². The zero-order valence-electron chi connectivity index (χ0n) is 18.6. The van der Waals surface area contributed by atoms with Crippen LogP contribution in [0.5, 0.6) is 0 Å². The Balaban J connectivity index is 1.74. The number of carboxylic acids is 1. The molecule has 13 heteroatoms. The fourth-order valence-electron chi connectivity index (χ4n) is 3.72. The standard InChI is InChI=1S/C22H25N7O5S/c23-18(24)13-3-1-2-12(8-13)9-22(7-6-17(31)32)20(33)29(21(34)28-22)11-16(30)27-10-14-4-5-15(35-14)19(25)26/h1-5,8H,6-7,9-11H2,(H3,23,24)(H3,25,26)(H,27,30)(H,28,34)(H,31,32)/t22-/m1/s1. The molecular formula is C22H25N7O5S. The summed E-state index contributed by atoms with van der Waals surface area (Å²) >= 11 is 1.24. The summed E-state index contributed by atoms with van der Waals surface area (Å²) in [6.07, 6.45) is -0.596. The van der Waals surface area contributed by atoms with E-state index in [0.717, 1.165) is 9.78 Å². The van der Waals surface area contributed by atoms with Crippen molar-refractivity contribution < 1.29 is 24.3 Å². The molecule has 0 aliphatic carbocycles. The van der Waals surface area contributed by atoms with Gasteiger partial charge in [0.15, 0.2) is 0 Å². The second-order valence-corrected chi connectivity index (χ2v) is 9.21. The topological polar surface area (TPSA) is 216 Å². The number of nitrogen functional groups attached to an aromatic ring is 2. The fourth-order valence-corrected chi connectivity index (χ4v) is 4.53. The van der Waals surface area contributed by atoms with Gasteiger partial charge in [-0.1, -0.05) is 18.2 Å². The Morgan fingerprint density at radius 3 is 2.51 bits per heavy atom. The summed E-state index contributed by atoms with van der Waals surface area (Å²) in [6.45, 7) is -0.416. The average Bonchev–Trinajstić information content (AvgIpc) is 3.36. The molecule has 2 aromatic rings. The predicted molar refractivity (Wildman–Crippen MR) is 128 cm³/mol. The lowest BCUT2D eigenvalue weighted by atomic mass is 9.85. The Morgan fingerprint density at radius 1 is 1.14 bits per heavy atom. The summed E-state index contributed by atoms with van der Waals surface area (Å²) in [4.78, 5) is 51.8. The monoisotopic (exact) mass is 499 g/mol. The predicted octanol–water partition coefficient (Wildman–Crippen LogP) is 0.331. The van der Waals surface area contributed by atoms with Gasteiger partial charge in [-0.25, -0.2) is 4.79 Å². The lowest BCUT2D eigenvalue weighted by Crippen LogP contribution is -2.50. The summed E-state index contributed by atoms with van der Waals surface area (Å²) in [5.74, 6) is -2.69. The number of amides is 4. The van der Waals surface area contributed by atoms with Gasteiger partial charge in [0.2, 0.25) is 5.91 Å². The van der Waals surface area contributed by atoms with Crippen molar-refractivity contribution in [3.63, 3.8) is 0 Å². The van der Waals surface area contributed by atoms with Gasteiger partial charge in [-0.2, -0.15) is 0 Å². The molecule has 1 aromatic carbocycles. The van der Waals surface area contributed by atoms with Crippen molar-refractivity contribution in [3.05, 3.63) is 57.3 Å². The first kappa shape index (κ1) is 25.4. The molecule has 35 heavy (non-hydrogen) atoms. The summed E-state index contributed by atoms with van der Waals surface area (Å²) < 4.78 is 0. The van der Waals surface area contributed by atoms with Crippen LogP contribution in [0.25, 0.3) is 0 Å². The first-order valence-corrected chi connectivity index (χ1v) is 11.3. The fraction of sp³-hybridized carbons (Fsp3) is 0.273. The Morgan fingerprint density at radius 2 is 1.89 bits per heavy atom. The number of thiophene rings is 1. The molecule has 1 saturated heterocycles. The molecule has 0 unspecified atom stereocenters. The molecule has 4 amide bonds. The highest BCUT2D eigenvalue weighted by Crippen LogP contribution is 2.28. The molecule has 1 aliphatic rings. The van der Waals surface area contributed by atoms with E-state index in [0.29, 0.717) is 16.0 Å². The number of nitrogens with two attached hydrogens (primary N) is 2. The average molecular weight is 500 g/mol. The van der Waals surface area contributed by atoms with E-state index in [9.17, 15) is 24.3 Å². The van der Waals surface area contributed by atoms with Crippen LogP contribution in [0.1, 0.15) is 33.7 Å². The van der Waals surface area contributed by atoms with Crippen molar-refractivity contribution >= 4 is 46.8 Å². The number of carbonyl (C=O) groups excluding carboxylic acids is 3. The van der Waals surface area contributed by atoms with E-state index in [-0.39, 0.29) is 37.5 Å². The van der Waals surface area contributed by atoms with Crippen molar-refractivity contribution in [2.24, 2.45) is 11.5 Å². The largest absolute Gasteiger partial charge is 0.481 e. The van der Waals surface area contributed by atoms with Gasteiger partial charge in [0.1, 0.15) is 23.8 Å². The van der Waals surface area contributed by atoms with Gasteiger partial charge in [-0.3, -0.25) is 30.1 Å². The van der Waals surface area contributed by atoms with Crippen LogP contribution in [0.2, 0.25) is 0 Å². The number of urea groups is 1. The SMILES string of the molecule is N=C(N)c1cccc(C[C@@]2(CCC(=O)O)NC(=O)N(CC(=O)NCc3ccc(C(=N)N)s3)C2=O)c1. The number of carbonyl (C=O) groups is 4. The van der Waals surface area contributed by atoms with Crippen molar-refractivity contribution in [1.29, 1.82) is 10.8 Å².